The number of benzene rings is 1. The van der Waals surface area contributed by atoms with Crippen LogP contribution in [0.4, 0.5) is 0 Å². The molecular weight excluding hydrogens is 290 g/mol. The first-order valence-electron chi connectivity index (χ1n) is 7.85. The molecule has 0 aliphatic carbocycles. The third kappa shape index (κ3) is 3.28. The van der Waals surface area contributed by atoms with Gasteiger partial charge in [0.2, 0.25) is 0 Å². The molecule has 0 amide bonds. The van der Waals surface area contributed by atoms with Gasteiger partial charge in [-0.1, -0.05) is 19.1 Å². The zero-order chi connectivity index (χ0) is 15.5. The molecule has 1 aromatic carbocycles. The molecule has 2 N–H and O–H groups in total. The zero-order valence-electron chi connectivity index (χ0n) is 13.3. The van der Waals surface area contributed by atoms with E-state index in [1.165, 1.54) is 27.6 Å². The van der Waals surface area contributed by atoms with E-state index in [-0.39, 0.29) is 0 Å². The Labute approximate surface area is 136 Å². The summed E-state index contributed by atoms with van der Waals surface area (Å²) in [6.45, 7) is 4.24. The molecule has 2 heterocycles. The van der Waals surface area contributed by atoms with Crippen molar-refractivity contribution in [3.05, 3.63) is 41.6 Å². The van der Waals surface area contributed by atoms with E-state index in [9.17, 15) is 0 Å². The summed E-state index contributed by atoms with van der Waals surface area (Å²) in [6, 6.07) is 6.54. The summed E-state index contributed by atoms with van der Waals surface area (Å²) in [6.07, 6.45) is 6.32. The van der Waals surface area contributed by atoms with Crippen molar-refractivity contribution in [2.24, 2.45) is 0 Å². The minimum absolute atomic E-state index is 0.737. The number of fused-ring (bicyclic) bond motifs is 1. The SMILES string of the molecule is CCSC(=N)Cc1ccc2[nH]cc(C3=CCN(C)CC3)c2c1. The van der Waals surface area contributed by atoms with Gasteiger partial charge in [0.05, 0.1) is 5.04 Å². The molecule has 0 unspecified atom stereocenters. The van der Waals surface area contributed by atoms with Crippen LogP contribution in [0.3, 0.4) is 0 Å². The highest BCUT2D eigenvalue weighted by Gasteiger charge is 2.14. The Bertz CT molecular complexity index is 714. The molecule has 3 nitrogen and oxygen atoms in total. The Kier molecular flexibility index (Phi) is 4.69. The molecule has 0 saturated carbocycles. The Hall–Kier alpha value is -1.52. The van der Waals surface area contributed by atoms with Gasteiger partial charge in [-0.2, -0.15) is 0 Å². The lowest BCUT2D eigenvalue weighted by atomic mass is 9.98. The van der Waals surface area contributed by atoms with Crippen molar-refractivity contribution >= 4 is 33.3 Å². The summed E-state index contributed by atoms with van der Waals surface area (Å²) >= 11 is 1.62. The maximum absolute atomic E-state index is 8.01. The summed E-state index contributed by atoms with van der Waals surface area (Å²) in [5.74, 6) is 0.969. The van der Waals surface area contributed by atoms with Crippen LogP contribution in [0.2, 0.25) is 0 Å². The van der Waals surface area contributed by atoms with Crippen molar-refractivity contribution in [1.29, 1.82) is 5.41 Å². The molecule has 22 heavy (non-hydrogen) atoms. The predicted molar refractivity (Wildman–Crippen MR) is 98.0 cm³/mol. The number of nitrogens with one attached hydrogen (secondary N) is 2. The molecule has 0 fully saturated rings. The normalized spacial score (nSPS) is 16.0. The van der Waals surface area contributed by atoms with Gasteiger partial charge >= 0.3 is 0 Å². The Morgan fingerprint density at radius 3 is 3.00 bits per heavy atom. The number of hydrogen-bond donors (Lipinski definition) is 2. The van der Waals surface area contributed by atoms with Crippen molar-refractivity contribution in [3.63, 3.8) is 0 Å². The predicted octanol–water partition coefficient (Wildman–Crippen LogP) is 4.16. The topological polar surface area (TPSA) is 42.9 Å². The quantitative estimate of drug-likeness (QED) is 0.657. The van der Waals surface area contributed by atoms with Gasteiger partial charge in [0.1, 0.15) is 0 Å². The van der Waals surface area contributed by atoms with E-state index in [1.54, 1.807) is 11.8 Å². The zero-order valence-corrected chi connectivity index (χ0v) is 14.1. The fraction of sp³-hybridized carbons (Fsp3) is 0.389. The minimum Gasteiger partial charge on any atom is -0.361 e. The second-order valence-corrected chi connectivity index (χ2v) is 7.22. The number of H-pyrrole nitrogens is 1. The van der Waals surface area contributed by atoms with Crippen LogP contribution in [0.25, 0.3) is 16.5 Å². The van der Waals surface area contributed by atoms with Crippen molar-refractivity contribution < 1.29 is 0 Å². The molecule has 0 bridgehead atoms. The molecule has 4 heteroatoms. The molecule has 1 aliphatic rings. The number of likely N-dealkylation sites (N-methyl/N-ethyl adjacent to an activating group) is 1. The lowest BCUT2D eigenvalue weighted by Crippen LogP contribution is -2.23. The van der Waals surface area contributed by atoms with E-state index in [1.807, 2.05) is 0 Å². The summed E-state index contributed by atoms with van der Waals surface area (Å²) in [5, 5.41) is 10.0. The Balaban J connectivity index is 1.90. The monoisotopic (exact) mass is 313 g/mol. The first-order chi connectivity index (χ1) is 10.7. The van der Waals surface area contributed by atoms with Crippen molar-refractivity contribution in [3.8, 4) is 0 Å². The lowest BCUT2D eigenvalue weighted by molar-refractivity contribution is 0.370. The molecule has 116 valence electrons. The van der Waals surface area contributed by atoms with Crippen LogP contribution in [0.1, 0.15) is 24.5 Å². The number of aromatic amines is 1. The van der Waals surface area contributed by atoms with E-state index in [0.717, 1.165) is 36.7 Å². The lowest BCUT2D eigenvalue weighted by Gasteiger charge is -2.21. The van der Waals surface area contributed by atoms with Gasteiger partial charge in [-0.05, 0) is 42.5 Å². The van der Waals surface area contributed by atoms with Crippen LogP contribution in [-0.4, -0.2) is 40.8 Å². The third-order valence-electron chi connectivity index (χ3n) is 4.19. The summed E-state index contributed by atoms with van der Waals surface area (Å²) in [7, 11) is 2.16. The standard InChI is InChI=1S/C18H23N3S/c1-3-22-18(19)11-13-4-5-17-15(10-13)16(12-20-17)14-6-8-21(2)9-7-14/h4-6,10,12,19-20H,3,7-9,11H2,1-2H3. The number of rotatable bonds is 4. The Morgan fingerprint density at radius 1 is 1.41 bits per heavy atom. The van der Waals surface area contributed by atoms with Gasteiger partial charge in [0, 0.05) is 42.2 Å². The average molecular weight is 313 g/mol. The molecule has 0 saturated heterocycles. The first kappa shape index (κ1) is 15.4. The van der Waals surface area contributed by atoms with Crippen molar-refractivity contribution in [2.75, 3.05) is 25.9 Å². The van der Waals surface area contributed by atoms with E-state index >= 15 is 0 Å². The molecule has 3 rings (SSSR count). The highest BCUT2D eigenvalue weighted by atomic mass is 32.2. The van der Waals surface area contributed by atoms with Crippen LogP contribution < -0.4 is 0 Å². The second kappa shape index (κ2) is 6.71. The molecule has 0 spiro atoms. The van der Waals surface area contributed by atoms with Crippen LogP contribution in [0.5, 0.6) is 0 Å². The molecule has 1 aromatic heterocycles. The van der Waals surface area contributed by atoms with Gasteiger partial charge in [-0.25, -0.2) is 0 Å². The fourth-order valence-electron chi connectivity index (χ4n) is 2.97. The van der Waals surface area contributed by atoms with Crippen molar-refractivity contribution in [1.82, 2.24) is 9.88 Å². The smallest absolute Gasteiger partial charge is 0.0685 e. The summed E-state index contributed by atoms with van der Waals surface area (Å²) in [4.78, 5) is 5.73. The third-order valence-corrected chi connectivity index (χ3v) is 4.97. The Morgan fingerprint density at radius 2 is 2.27 bits per heavy atom. The minimum atomic E-state index is 0.737. The maximum Gasteiger partial charge on any atom is 0.0685 e. The molecule has 0 atom stereocenters. The van der Waals surface area contributed by atoms with E-state index in [4.69, 9.17) is 5.41 Å². The van der Waals surface area contributed by atoms with Crippen LogP contribution in [0.15, 0.2) is 30.5 Å². The maximum atomic E-state index is 8.01. The molecule has 0 radical (unpaired) electrons. The molecule has 2 aromatic rings. The largest absolute Gasteiger partial charge is 0.361 e. The first-order valence-corrected chi connectivity index (χ1v) is 8.84. The average Bonchev–Trinajstić information content (AvgIpc) is 2.91. The van der Waals surface area contributed by atoms with Gasteiger partial charge in [-0.3, -0.25) is 5.41 Å². The summed E-state index contributed by atoms with van der Waals surface area (Å²) in [5.41, 5.74) is 5.19. The van der Waals surface area contributed by atoms with Gasteiger partial charge in [0.25, 0.3) is 0 Å². The van der Waals surface area contributed by atoms with Crippen molar-refractivity contribution in [2.45, 2.75) is 19.8 Å². The summed E-state index contributed by atoms with van der Waals surface area (Å²) < 4.78 is 0. The van der Waals surface area contributed by atoms with Gasteiger partial charge < -0.3 is 9.88 Å². The number of nitrogens with zero attached hydrogens (tertiary/aromatic N) is 1. The van der Waals surface area contributed by atoms with E-state index < -0.39 is 0 Å². The fourth-order valence-corrected chi connectivity index (χ4v) is 3.59. The number of thioether (sulfide) groups is 1. The number of hydrogen-bond acceptors (Lipinski definition) is 3. The van der Waals surface area contributed by atoms with Gasteiger partial charge in [0.15, 0.2) is 0 Å². The van der Waals surface area contributed by atoms with Crippen LogP contribution in [0, 0.1) is 5.41 Å². The van der Waals surface area contributed by atoms with E-state index in [0.29, 0.717) is 0 Å². The highest BCUT2D eigenvalue weighted by Crippen LogP contribution is 2.30. The molecular formula is C18H23N3S. The van der Waals surface area contributed by atoms with E-state index in [2.05, 4.69) is 54.3 Å². The second-order valence-electron chi connectivity index (χ2n) is 5.86. The molecule has 1 aliphatic heterocycles. The van der Waals surface area contributed by atoms with Gasteiger partial charge in [-0.15, -0.1) is 11.8 Å². The van der Waals surface area contributed by atoms with Crippen LogP contribution in [-0.2, 0) is 6.42 Å². The number of aromatic nitrogens is 1. The highest BCUT2D eigenvalue weighted by molar-refractivity contribution is 8.13. The van der Waals surface area contributed by atoms with Crippen LogP contribution >= 0.6 is 11.8 Å².